The summed E-state index contributed by atoms with van der Waals surface area (Å²) in [5.41, 5.74) is 4.02. The fraction of sp³-hybridized carbons (Fsp3) is 0.263. The highest BCUT2D eigenvalue weighted by Gasteiger charge is 2.54. The summed E-state index contributed by atoms with van der Waals surface area (Å²) < 4.78 is 108. The summed E-state index contributed by atoms with van der Waals surface area (Å²) in [5, 5.41) is 27.2. The first-order valence-electron chi connectivity index (χ1n) is 10.6. The smallest absolute Gasteiger partial charge is 0.470 e. The van der Waals surface area contributed by atoms with E-state index in [2.05, 4.69) is 25.1 Å². The first-order chi connectivity index (χ1) is 20.2. The normalized spacial score (nSPS) is 17.1. The Hall–Kier alpha value is -5.04. The Balaban J connectivity index is 0.000000564. The molecule has 3 rings (SSSR count). The number of aliphatic carboxylic acids is 1. The maximum atomic E-state index is 11.7. The standard InChI is InChI=1S/C6H6F2N2O3.C6H8F2N2O.C5H4N2O3.C2HF3O4S/c7-6(8)13-5-4(10(11)12)2-1-3-9-5;7-6(8)11-5-4(9)2-1-3-10-5;8-5-4(7(9)10)2-1-3-6-5;3-2(4,1(6)7)10(5,8)9/h1-3,5-6,9H;1-3,5-6,10H,9H2;1-3H,(H,6,8);(H,6,7). The number of nitrogens with one attached hydrogen (secondary N) is 3. The average molecular weight is 672 g/mol. The van der Waals surface area contributed by atoms with Crippen LogP contribution in [0.2, 0.25) is 0 Å². The van der Waals surface area contributed by atoms with Crippen molar-refractivity contribution in [2.45, 2.75) is 30.9 Å². The van der Waals surface area contributed by atoms with E-state index in [0.717, 1.165) is 12.1 Å². The topological polar surface area (TPSA) is 259 Å². The quantitative estimate of drug-likeness (QED) is 0.114. The number of ether oxygens (including phenoxy) is 2. The molecular formula is C19H19F7N6O11S. The predicted octanol–water partition coefficient (Wildman–Crippen LogP) is 1.59. The molecule has 1 aromatic rings. The van der Waals surface area contributed by atoms with Crippen LogP contribution in [0.25, 0.3) is 0 Å². The van der Waals surface area contributed by atoms with Gasteiger partial charge >= 0.3 is 45.9 Å². The van der Waals surface area contributed by atoms with Crippen LogP contribution in [0.3, 0.4) is 0 Å². The van der Waals surface area contributed by atoms with E-state index in [1.807, 2.05) is 0 Å². The Morgan fingerprint density at radius 3 is 1.86 bits per heavy atom. The molecule has 0 bridgehead atoms. The lowest BCUT2D eigenvalue weighted by molar-refractivity contribution is -0.441. The van der Waals surface area contributed by atoms with Crippen LogP contribution in [0.5, 0.6) is 0 Å². The zero-order chi connectivity index (χ0) is 34.3. The van der Waals surface area contributed by atoms with Crippen LogP contribution in [0.4, 0.5) is 35.9 Å². The molecule has 17 nitrogen and oxygen atoms in total. The van der Waals surface area contributed by atoms with Crippen LogP contribution in [0, 0.1) is 20.2 Å². The lowest BCUT2D eigenvalue weighted by Gasteiger charge is -2.19. The van der Waals surface area contributed by atoms with Gasteiger partial charge in [-0.2, -0.15) is 34.8 Å². The first kappa shape index (κ1) is 39.0. The minimum atomic E-state index is -6.33. The number of dihydropyridines is 2. The number of nitrogens with zero attached hydrogens (tertiary/aromatic N) is 2. The Kier molecular flexibility index (Phi) is 15.8. The van der Waals surface area contributed by atoms with Gasteiger partial charge in [-0.25, -0.2) is 4.79 Å². The van der Waals surface area contributed by atoms with Gasteiger partial charge in [0.25, 0.3) is 5.70 Å². The molecule has 2 atom stereocenters. The summed E-state index contributed by atoms with van der Waals surface area (Å²) in [7, 11) is -6.33. The van der Waals surface area contributed by atoms with Crippen molar-refractivity contribution < 1.29 is 67.9 Å². The van der Waals surface area contributed by atoms with E-state index in [9.17, 15) is 68.5 Å². The lowest BCUT2D eigenvalue weighted by atomic mass is 10.3. The molecule has 0 spiro atoms. The molecule has 1 aromatic heterocycles. The van der Waals surface area contributed by atoms with Gasteiger partial charge in [0.2, 0.25) is 6.23 Å². The molecule has 0 aromatic carbocycles. The minimum absolute atomic E-state index is 0.243. The fourth-order valence-electron chi connectivity index (χ4n) is 2.20. The molecule has 0 aliphatic carbocycles. The average Bonchev–Trinajstić information content (AvgIpc) is 2.90. The number of aromatic nitrogens is 1. The summed E-state index contributed by atoms with van der Waals surface area (Å²) in [4.78, 5) is 40.8. The van der Waals surface area contributed by atoms with Gasteiger partial charge in [-0.3, -0.25) is 34.5 Å². The molecule has 0 amide bonds. The molecule has 6 N–H and O–H groups in total. The summed E-state index contributed by atoms with van der Waals surface area (Å²) in [6.07, 6.45) is 7.38. The van der Waals surface area contributed by atoms with Gasteiger partial charge in [0, 0.05) is 18.3 Å². The van der Waals surface area contributed by atoms with Gasteiger partial charge < -0.3 is 26.5 Å². The summed E-state index contributed by atoms with van der Waals surface area (Å²) in [5.74, 6) is -3.03. The Morgan fingerprint density at radius 1 is 1.00 bits per heavy atom. The van der Waals surface area contributed by atoms with Gasteiger partial charge in [0.1, 0.15) is 0 Å². The van der Waals surface area contributed by atoms with E-state index >= 15 is 0 Å². The monoisotopic (exact) mass is 672 g/mol. The second kappa shape index (κ2) is 17.8. The van der Waals surface area contributed by atoms with Crippen LogP contribution in [-0.2, 0) is 24.5 Å². The number of carboxylic acids is 1. The van der Waals surface area contributed by atoms with Crippen molar-refractivity contribution >= 4 is 21.9 Å². The molecular weight excluding hydrogens is 653 g/mol. The number of H-pyrrole nitrogens is 1. The van der Waals surface area contributed by atoms with Crippen molar-refractivity contribution in [2.24, 2.45) is 5.73 Å². The molecule has 2 aliphatic heterocycles. The second-order valence-corrected chi connectivity index (χ2v) is 8.41. The number of carbonyl (C=O) groups is 1. The van der Waals surface area contributed by atoms with Crippen molar-refractivity contribution in [2.75, 3.05) is 0 Å². The molecule has 246 valence electrons. The number of carboxylic acid groups (broad SMARTS) is 1. The number of nitrogens with two attached hydrogens (primary N) is 1. The van der Waals surface area contributed by atoms with Crippen LogP contribution >= 0.6 is 0 Å². The zero-order valence-electron chi connectivity index (χ0n) is 21.1. The van der Waals surface area contributed by atoms with Gasteiger partial charge in [-0.15, -0.1) is 0 Å². The lowest BCUT2D eigenvalue weighted by Crippen LogP contribution is -2.36. The third kappa shape index (κ3) is 13.7. The Bertz CT molecular complexity index is 1430. The van der Waals surface area contributed by atoms with Crippen molar-refractivity contribution in [1.82, 2.24) is 15.6 Å². The predicted molar refractivity (Wildman–Crippen MR) is 130 cm³/mol. The van der Waals surface area contributed by atoms with E-state index in [1.165, 1.54) is 36.8 Å². The summed E-state index contributed by atoms with van der Waals surface area (Å²) in [6, 6.07) is 2.55. The van der Waals surface area contributed by atoms with Crippen LogP contribution in [0.1, 0.15) is 0 Å². The maximum Gasteiger partial charge on any atom is 0.470 e. The van der Waals surface area contributed by atoms with E-state index in [1.54, 1.807) is 6.08 Å². The number of hydrogen-bond donors (Lipinski definition) is 5. The summed E-state index contributed by atoms with van der Waals surface area (Å²) in [6.45, 7) is -5.86. The number of aromatic amines is 1. The molecule has 44 heavy (non-hydrogen) atoms. The highest BCUT2D eigenvalue weighted by Crippen LogP contribution is 2.23. The van der Waals surface area contributed by atoms with Crippen LogP contribution in [0.15, 0.2) is 71.2 Å². The second-order valence-electron chi connectivity index (χ2n) is 7.02. The third-order valence-electron chi connectivity index (χ3n) is 4.05. The van der Waals surface area contributed by atoms with E-state index in [4.69, 9.17) is 10.8 Å². The number of nitro groups is 2. The van der Waals surface area contributed by atoms with Crippen LogP contribution < -0.4 is 21.9 Å². The molecule has 0 radical (unpaired) electrons. The van der Waals surface area contributed by atoms with E-state index in [-0.39, 0.29) is 5.70 Å². The SMILES string of the molecule is NC1=CC=CNC1OC(F)F.O=C(O)C(F)(F)S(=O)(=O)F.O=[N+]([O-])C1=CC=CNC1OC(F)F.O=c1[nH]cccc1[N+](=O)[O-]. The number of halogens is 7. The van der Waals surface area contributed by atoms with Crippen molar-refractivity contribution in [3.05, 3.63) is 97.0 Å². The highest BCUT2D eigenvalue weighted by molar-refractivity contribution is 7.88. The molecule has 3 heterocycles. The highest BCUT2D eigenvalue weighted by atomic mass is 32.3. The van der Waals surface area contributed by atoms with Gasteiger partial charge in [-0.1, -0.05) is 3.89 Å². The van der Waals surface area contributed by atoms with Crippen molar-refractivity contribution in [3.63, 3.8) is 0 Å². The van der Waals surface area contributed by atoms with E-state index in [0.29, 0.717) is 0 Å². The summed E-state index contributed by atoms with van der Waals surface area (Å²) >= 11 is 0. The molecule has 0 saturated heterocycles. The van der Waals surface area contributed by atoms with Gasteiger partial charge in [-0.05, 0) is 36.7 Å². The first-order valence-corrected chi connectivity index (χ1v) is 12.0. The Labute approximate surface area is 239 Å². The van der Waals surface area contributed by atoms with Gasteiger partial charge in [0.15, 0.2) is 6.23 Å². The largest absolute Gasteiger partial charge is 0.476 e. The number of allylic oxidation sites excluding steroid dienone is 4. The molecule has 2 unspecified atom stereocenters. The van der Waals surface area contributed by atoms with Gasteiger partial charge in [0.05, 0.1) is 15.5 Å². The molecule has 0 fully saturated rings. The molecule has 0 saturated carbocycles. The third-order valence-corrected chi connectivity index (χ3v) is 4.84. The van der Waals surface area contributed by atoms with Crippen LogP contribution in [-0.4, -0.2) is 65.3 Å². The minimum Gasteiger partial charge on any atom is -0.476 e. The van der Waals surface area contributed by atoms with Crippen molar-refractivity contribution in [1.29, 1.82) is 0 Å². The molecule has 2 aliphatic rings. The number of pyridine rings is 1. The maximum absolute atomic E-state index is 11.7. The zero-order valence-corrected chi connectivity index (χ0v) is 21.9. The van der Waals surface area contributed by atoms with Crippen molar-refractivity contribution in [3.8, 4) is 0 Å². The fourth-order valence-corrected chi connectivity index (χ4v) is 2.41. The number of rotatable bonds is 8. The number of hydrogen-bond acceptors (Lipinski definition) is 13. The molecule has 25 heteroatoms. The Morgan fingerprint density at radius 2 is 1.50 bits per heavy atom. The number of alkyl halides is 6. The van der Waals surface area contributed by atoms with E-state index < -0.39 is 73.9 Å².